The van der Waals surface area contributed by atoms with Crippen LogP contribution in [0.3, 0.4) is 0 Å². The van der Waals surface area contributed by atoms with E-state index >= 15 is 0 Å². The molecule has 3 nitrogen and oxygen atoms in total. The fourth-order valence-electron chi connectivity index (χ4n) is 1.20. The smallest absolute Gasteiger partial charge is 0.103 e. The Labute approximate surface area is 72.6 Å². The van der Waals surface area contributed by atoms with Gasteiger partial charge < -0.3 is 15.6 Å². The van der Waals surface area contributed by atoms with Crippen LogP contribution in [-0.2, 0) is 0 Å². The molecule has 1 aliphatic carbocycles. The molecule has 0 unspecified atom stereocenters. The zero-order chi connectivity index (χ0) is 8.23. The van der Waals surface area contributed by atoms with Crippen molar-refractivity contribution in [2.45, 2.75) is 18.9 Å². The van der Waals surface area contributed by atoms with Crippen LogP contribution < -0.4 is 10.6 Å². The van der Waals surface area contributed by atoms with Gasteiger partial charge in [-0.1, -0.05) is 0 Å². The van der Waals surface area contributed by atoms with Crippen LogP contribution in [0.15, 0.2) is 18.3 Å². The monoisotopic (exact) mass is 165 g/mol. The number of aromatic nitrogens is 1. The zero-order valence-electron chi connectivity index (χ0n) is 7.14. The molecular formula is C9H15N3. The number of nitrogens with one attached hydrogen (secondary N) is 3. The van der Waals surface area contributed by atoms with Crippen LogP contribution in [0.4, 0.5) is 5.82 Å². The van der Waals surface area contributed by atoms with Crippen molar-refractivity contribution in [3.05, 3.63) is 18.3 Å². The third kappa shape index (κ3) is 2.27. The van der Waals surface area contributed by atoms with Gasteiger partial charge in [0.25, 0.3) is 0 Å². The Hall–Kier alpha value is -0.960. The van der Waals surface area contributed by atoms with Crippen molar-refractivity contribution in [3.63, 3.8) is 0 Å². The highest BCUT2D eigenvalue weighted by molar-refractivity contribution is 5.33. The molecule has 0 aromatic carbocycles. The molecule has 0 spiro atoms. The summed E-state index contributed by atoms with van der Waals surface area (Å²) in [5.74, 6) is 1.10. The van der Waals surface area contributed by atoms with E-state index < -0.39 is 0 Å². The van der Waals surface area contributed by atoms with Gasteiger partial charge in [0.1, 0.15) is 5.82 Å². The number of anilines is 1. The van der Waals surface area contributed by atoms with Gasteiger partial charge in [0, 0.05) is 25.3 Å². The molecule has 2 rings (SSSR count). The van der Waals surface area contributed by atoms with Crippen LogP contribution >= 0.6 is 0 Å². The molecule has 0 saturated heterocycles. The predicted octanol–water partition coefficient (Wildman–Crippen LogP) is 1.18. The molecule has 66 valence electrons. The predicted molar refractivity (Wildman–Crippen MR) is 50.3 cm³/mol. The second-order valence-corrected chi connectivity index (χ2v) is 3.24. The molecule has 0 radical (unpaired) electrons. The van der Waals surface area contributed by atoms with Gasteiger partial charge in [0.2, 0.25) is 0 Å². The molecule has 1 aromatic rings. The van der Waals surface area contributed by atoms with Crippen molar-refractivity contribution in [2.75, 3.05) is 18.4 Å². The Morgan fingerprint density at radius 3 is 3.00 bits per heavy atom. The number of H-pyrrole nitrogens is 1. The van der Waals surface area contributed by atoms with E-state index in [9.17, 15) is 0 Å². The van der Waals surface area contributed by atoms with Crippen molar-refractivity contribution in [2.24, 2.45) is 0 Å². The first kappa shape index (κ1) is 7.68. The number of hydrogen-bond donors (Lipinski definition) is 3. The molecule has 1 saturated carbocycles. The lowest BCUT2D eigenvalue weighted by Gasteiger charge is -2.04. The molecule has 1 aliphatic rings. The maximum atomic E-state index is 3.44. The van der Waals surface area contributed by atoms with Gasteiger partial charge in [-0.15, -0.1) is 0 Å². The molecule has 0 atom stereocenters. The molecule has 3 N–H and O–H groups in total. The fraction of sp³-hybridized carbons (Fsp3) is 0.556. The number of rotatable bonds is 5. The van der Waals surface area contributed by atoms with Crippen LogP contribution in [0.1, 0.15) is 12.8 Å². The largest absolute Gasteiger partial charge is 0.370 e. The van der Waals surface area contributed by atoms with E-state index in [0.29, 0.717) is 0 Å². The number of hydrogen-bond acceptors (Lipinski definition) is 2. The summed E-state index contributed by atoms with van der Waals surface area (Å²) < 4.78 is 0. The minimum absolute atomic E-state index is 0.815. The van der Waals surface area contributed by atoms with Gasteiger partial charge in [-0.2, -0.15) is 0 Å². The van der Waals surface area contributed by atoms with E-state index in [4.69, 9.17) is 0 Å². The van der Waals surface area contributed by atoms with Gasteiger partial charge in [-0.3, -0.25) is 0 Å². The Balaban J connectivity index is 1.56. The van der Waals surface area contributed by atoms with E-state index in [1.54, 1.807) is 0 Å². The SMILES string of the molecule is c1c[nH]c(NCCNC2CC2)c1. The molecule has 1 fully saturated rings. The Kier molecular flexibility index (Phi) is 2.32. The first-order valence-electron chi connectivity index (χ1n) is 4.56. The normalized spacial score (nSPS) is 16.3. The van der Waals surface area contributed by atoms with Crippen molar-refractivity contribution in [1.29, 1.82) is 0 Å². The molecular weight excluding hydrogens is 150 g/mol. The molecule has 12 heavy (non-hydrogen) atoms. The van der Waals surface area contributed by atoms with Gasteiger partial charge in [0.15, 0.2) is 0 Å². The van der Waals surface area contributed by atoms with Crippen LogP contribution in [0.5, 0.6) is 0 Å². The summed E-state index contributed by atoms with van der Waals surface area (Å²) in [6.07, 6.45) is 4.65. The lowest BCUT2D eigenvalue weighted by atomic mass is 10.5. The lowest BCUT2D eigenvalue weighted by Crippen LogP contribution is -2.23. The summed E-state index contributed by atoms with van der Waals surface area (Å²) in [5.41, 5.74) is 0. The van der Waals surface area contributed by atoms with E-state index in [1.807, 2.05) is 18.3 Å². The number of aromatic amines is 1. The van der Waals surface area contributed by atoms with Crippen molar-refractivity contribution in [3.8, 4) is 0 Å². The van der Waals surface area contributed by atoms with Crippen LogP contribution in [0.2, 0.25) is 0 Å². The summed E-state index contributed by atoms with van der Waals surface area (Å²) in [6, 6.07) is 4.85. The van der Waals surface area contributed by atoms with Crippen molar-refractivity contribution < 1.29 is 0 Å². The van der Waals surface area contributed by atoms with E-state index in [1.165, 1.54) is 12.8 Å². The van der Waals surface area contributed by atoms with Crippen LogP contribution in [0, 0.1) is 0 Å². The van der Waals surface area contributed by atoms with E-state index in [2.05, 4.69) is 15.6 Å². The summed E-state index contributed by atoms with van der Waals surface area (Å²) in [6.45, 7) is 2.06. The minimum Gasteiger partial charge on any atom is -0.370 e. The first-order chi connectivity index (χ1) is 5.95. The highest BCUT2D eigenvalue weighted by Gasteiger charge is 2.19. The molecule has 3 heteroatoms. The van der Waals surface area contributed by atoms with Crippen LogP contribution in [0.25, 0.3) is 0 Å². The highest BCUT2D eigenvalue weighted by atomic mass is 15.0. The standard InChI is InChI=1S/C9H15N3/c1-2-9(11-5-1)12-7-6-10-8-3-4-8/h1-2,5,8,10-12H,3-4,6-7H2. The quantitative estimate of drug-likeness (QED) is 0.573. The van der Waals surface area contributed by atoms with Gasteiger partial charge in [0.05, 0.1) is 0 Å². The maximum absolute atomic E-state index is 3.44. The van der Waals surface area contributed by atoms with Gasteiger partial charge in [-0.25, -0.2) is 0 Å². The molecule has 1 aromatic heterocycles. The third-order valence-corrected chi connectivity index (χ3v) is 2.05. The topological polar surface area (TPSA) is 39.9 Å². The Morgan fingerprint density at radius 2 is 2.33 bits per heavy atom. The lowest BCUT2D eigenvalue weighted by molar-refractivity contribution is 0.701. The summed E-state index contributed by atoms with van der Waals surface area (Å²) in [4.78, 5) is 3.10. The summed E-state index contributed by atoms with van der Waals surface area (Å²) in [5, 5.41) is 6.73. The van der Waals surface area contributed by atoms with E-state index in [-0.39, 0.29) is 0 Å². The average Bonchev–Trinajstić information content (AvgIpc) is 2.76. The van der Waals surface area contributed by atoms with Gasteiger partial charge >= 0.3 is 0 Å². The van der Waals surface area contributed by atoms with Crippen molar-refractivity contribution in [1.82, 2.24) is 10.3 Å². The minimum atomic E-state index is 0.815. The second kappa shape index (κ2) is 3.63. The highest BCUT2D eigenvalue weighted by Crippen LogP contribution is 2.17. The average molecular weight is 165 g/mol. The molecule has 0 bridgehead atoms. The zero-order valence-corrected chi connectivity index (χ0v) is 7.14. The maximum Gasteiger partial charge on any atom is 0.103 e. The van der Waals surface area contributed by atoms with Crippen molar-refractivity contribution >= 4 is 5.82 Å². The molecule has 1 heterocycles. The Bertz CT molecular complexity index is 214. The van der Waals surface area contributed by atoms with Crippen LogP contribution in [-0.4, -0.2) is 24.1 Å². The molecule has 0 aliphatic heterocycles. The third-order valence-electron chi connectivity index (χ3n) is 2.05. The molecule has 0 amide bonds. The van der Waals surface area contributed by atoms with E-state index in [0.717, 1.165) is 24.9 Å². The first-order valence-corrected chi connectivity index (χ1v) is 4.56. The second-order valence-electron chi connectivity index (χ2n) is 3.24. The summed E-state index contributed by atoms with van der Waals surface area (Å²) in [7, 11) is 0. The fourth-order valence-corrected chi connectivity index (χ4v) is 1.20. The Morgan fingerprint density at radius 1 is 1.42 bits per heavy atom. The van der Waals surface area contributed by atoms with Gasteiger partial charge in [-0.05, 0) is 25.0 Å². The summed E-state index contributed by atoms with van der Waals surface area (Å²) >= 11 is 0.